The molecule has 0 saturated carbocycles. The summed E-state index contributed by atoms with van der Waals surface area (Å²) in [6.07, 6.45) is 1.91. The molecule has 3 nitrogen and oxygen atoms in total. The molecule has 0 heterocycles. The maximum atomic E-state index is 10.8. The van der Waals surface area contributed by atoms with Crippen molar-refractivity contribution < 1.29 is 13.2 Å². The Balaban J connectivity index is 2.09. The standard InChI is InChI=1S/C13H19ClO3S/c1-12(11-18(14,15)16)10-17-9-5-8-13-6-3-2-4-7-13/h2-4,6-7,12H,5,8-11H2,1H3. The van der Waals surface area contributed by atoms with Gasteiger partial charge in [0.1, 0.15) is 0 Å². The molecule has 0 N–H and O–H groups in total. The molecule has 0 saturated heterocycles. The van der Waals surface area contributed by atoms with Crippen molar-refractivity contribution >= 4 is 19.7 Å². The lowest BCUT2D eigenvalue weighted by atomic mass is 10.1. The summed E-state index contributed by atoms with van der Waals surface area (Å²) in [5, 5.41) is 0. The number of ether oxygens (including phenoxy) is 1. The van der Waals surface area contributed by atoms with Crippen molar-refractivity contribution in [1.29, 1.82) is 0 Å². The first-order chi connectivity index (χ1) is 8.47. The van der Waals surface area contributed by atoms with Gasteiger partial charge in [-0.25, -0.2) is 8.42 Å². The summed E-state index contributed by atoms with van der Waals surface area (Å²) in [5.74, 6) is -0.100. The third-order valence-corrected chi connectivity index (χ3v) is 3.83. The average Bonchev–Trinajstić information content (AvgIpc) is 2.27. The Morgan fingerprint density at radius 3 is 2.56 bits per heavy atom. The minimum Gasteiger partial charge on any atom is -0.381 e. The molecule has 0 aliphatic rings. The number of benzene rings is 1. The molecule has 0 bridgehead atoms. The smallest absolute Gasteiger partial charge is 0.232 e. The number of aryl methyl sites for hydroxylation is 1. The first-order valence-electron chi connectivity index (χ1n) is 6.01. The van der Waals surface area contributed by atoms with Crippen molar-refractivity contribution in [2.24, 2.45) is 5.92 Å². The summed E-state index contributed by atoms with van der Waals surface area (Å²) in [5.41, 5.74) is 1.29. The van der Waals surface area contributed by atoms with Crippen LogP contribution in [0.15, 0.2) is 30.3 Å². The SMILES string of the molecule is CC(COCCCc1ccccc1)CS(=O)(=O)Cl. The minimum atomic E-state index is -3.42. The van der Waals surface area contributed by atoms with E-state index in [2.05, 4.69) is 12.1 Å². The molecular weight excluding hydrogens is 272 g/mol. The van der Waals surface area contributed by atoms with Gasteiger partial charge in [-0.2, -0.15) is 0 Å². The Labute approximate surface area is 114 Å². The van der Waals surface area contributed by atoms with Gasteiger partial charge in [0.15, 0.2) is 0 Å². The molecule has 0 aliphatic heterocycles. The third-order valence-electron chi connectivity index (χ3n) is 2.48. The van der Waals surface area contributed by atoms with Gasteiger partial charge < -0.3 is 4.74 Å². The summed E-state index contributed by atoms with van der Waals surface area (Å²) in [6, 6.07) is 10.2. The quantitative estimate of drug-likeness (QED) is 0.546. The van der Waals surface area contributed by atoms with Crippen LogP contribution < -0.4 is 0 Å². The lowest BCUT2D eigenvalue weighted by Gasteiger charge is -2.10. The lowest BCUT2D eigenvalue weighted by molar-refractivity contribution is 0.109. The molecule has 0 spiro atoms. The van der Waals surface area contributed by atoms with E-state index in [0.29, 0.717) is 13.2 Å². The van der Waals surface area contributed by atoms with Crippen molar-refractivity contribution in [3.63, 3.8) is 0 Å². The van der Waals surface area contributed by atoms with E-state index < -0.39 is 9.05 Å². The zero-order valence-corrected chi connectivity index (χ0v) is 12.1. The van der Waals surface area contributed by atoms with Crippen LogP contribution in [0.2, 0.25) is 0 Å². The monoisotopic (exact) mass is 290 g/mol. The largest absolute Gasteiger partial charge is 0.381 e. The molecule has 1 rings (SSSR count). The van der Waals surface area contributed by atoms with Crippen molar-refractivity contribution in [1.82, 2.24) is 0 Å². The highest BCUT2D eigenvalue weighted by Crippen LogP contribution is 2.07. The second kappa shape index (κ2) is 7.77. The zero-order valence-electron chi connectivity index (χ0n) is 10.5. The van der Waals surface area contributed by atoms with Gasteiger partial charge in [-0.3, -0.25) is 0 Å². The van der Waals surface area contributed by atoms with Gasteiger partial charge in [-0.15, -0.1) is 0 Å². The molecule has 0 amide bonds. The maximum absolute atomic E-state index is 10.8. The summed E-state index contributed by atoms with van der Waals surface area (Å²) in [7, 11) is 1.75. The molecule has 0 aliphatic carbocycles. The Morgan fingerprint density at radius 2 is 1.94 bits per heavy atom. The van der Waals surface area contributed by atoms with E-state index in [-0.39, 0.29) is 11.7 Å². The van der Waals surface area contributed by atoms with Crippen LogP contribution in [0, 0.1) is 5.92 Å². The Kier molecular flexibility index (Phi) is 6.68. The van der Waals surface area contributed by atoms with E-state index in [0.717, 1.165) is 12.8 Å². The second-order valence-electron chi connectivity index (χ2n) is 4.47. The zero-order chi connectivity index (χ0) is 13.4. The van der Waals surface area contributed by atoms with Crippen LogP contribution in [0.3, 0.4) is 0 Å². The van der Waals surface area contributed by atoms with Crippen LogP contribution in [0.4, 0.5) is 0 Å². The predicted molar refractivity (Wildman–Crippen MR) is 74.4 cm³/mol. The normalized spacial score (nSPS) is 13.4. The average molecular weight is 291 g/mol. The van der Waals surface area contributed by atoms with Crippen molar-refractivity contribution in [2.45, 2.75) is 19.8 Å². The fourth-order valence-electron chi connectivity index (χ4n) is 1.70. The molecular formula is C13H19ClO3S. The number of hydrogen-bond acceptors (Lipinski definition) is 3. The molecule has 1 atom stereocenters. The minimum absolute atomic E-state index is 0.0345. The van der Waals surface area contributed by atoms with Crippen molar-refractivity contribution in [3.05, 3.63) is 35.9 Å². The summed E-state index contributed by atoms with van der Waals surface area (Å²) < 4.78 is 27.1. The third kappa shape index (κ3) is 7.69. The van der Waals surface area contributed by atoms with Gasteiger partial charge in [-0.05, 0) is 24.3 Å². The number of halogens is 1. The van der Waals surface area contributed by atoms with Gasteiger partial charge in [0.25, 0.3) is 0 Å². The first kappa shape index (κ1) is 15.5. The van der Waals surface area contributed by atoms with Crippen LogP contribution in [-0.4, -0.2) is 27.4 Å². The molecule has 5 heteroatoms. The van der Waals surface area contributed by atoms with Crippen LogP contribution in [0.5, 0.6) is 0 Å². The van der Waals surface area contributed by atoms with E-state index in [9.17, 15) is 8.42 Å². The van der Waals surface area contributed by atoms with E-state index in [1.165, 1.54) is 5.56 Å². The second-order valence-corrected chi connectivity index (χ2v) is 7.30. The number of hydrogen-bond donors (Lipinski definition) is 0. The van der Waals surface area contributed by atoms with Crippen LogP contribution in [0.1, 0.15) is 18.9 Å². The molecule has 1 unspecified atom stereocenters. The van der Waals surface area contributed by atoms with Crippen molar-refractivity contribution in [3.8, 4) is 0 Å². The fraction of sp³-hybridized carbons (Fsp3) is 0.538. The first-order valence-corrected chi connectivity index (χ1v) is 8.49. The van der Waals surface area contributed by atoms with Gasteiger partial charge in [0.05, 0.1) is 12.4 Å². The number of rotatable bonds is 8. The Hall–Kier alpha value is -0.580. The van der Waals surface area contributed by atoms with Crippen molar-refractivity contribution in [2.75, 3.05) is 19.0 Å². The van der Waals surface area contributed by atoms with Crippen LogP contribution >= 0.6 is 10.7 Å². The highest BCUT2D eigenvalue weighted by atomic mass is 35.7. The summed E-state index contributed by atoms with van der Waals surface area (Å²) in [6.45, 7) is 2.89. The highest BCUT2D eigenvalue weighted by molar-refractivity contribution is 8.13. The molecule has 1 aromatic carbocycles. The summed E-state index contributed by atoms with van der Waals surface area (Å²) >= 11 is 0. The molecule has 18 heavy (non-hydrogen) atoms. The molecule has 1 aromatic rings. The van der Waals surface area contributed by atoms with Gasteiger partial charge in [-0.1, -0.05) is 37.3 Å². The van der Waals surface area contributed by atoms with Crippen LogP contribution in [0.25, 0.3) is 0 Å². The van der Waals surface area contributed by atoms with E-state index >= 15 is 0 Å². The molecule has 0 fully saturated rings. The topological polar surface area (TPSA) is 43.4 Å². The molecule has 0 radical (unpaired) electrons. The highest BCUT2D eigenvalue weighted by Gasteiger charge is 2.12. The maximum Gasteiger partial charge on any atom is 0.232 e. The van der Waals surface area contributed by atoms with E-state index in [4.69, 9.17) is 15.4 Å². The summed E-state index contributed by atoms with van der Waals surface area (Å²) in [4.78, 5) is 0. The van der Waals surface area contributed by atoms with E-state index in [1.54, 1.807) is 0 Å². The Morgan fingerprint density at radius 1 is 1.28 bits per heavy atom. The Bertz CT molecular complexity index is 431. The fourth-order valence-corrected chi connectivity index (χ4v) is 3.12. The van der Waals surface area contributed by atoms with Crippen LogP contribution in [-0.2, 0) is 20.2 Å². The van der Waals surface area contributed by atoms with Gasteiger partial charge in [0, 0.05) is 17.3 Å². The van der Waals surface area contributed by atoms with Gasteiger partial charge in [0.2, 0.25) is 9.05 Å². The predicted octanol–water partition coefficient (Wildman–Crippen LogP) is 2.84. The molecule has 102 valence electrons. The lowest BCUT2D eigenvalue weighted by Crippen LogP contribution is -2.15. The molecule has 0 aromatic heterocycles. The van der Waals surface area contributed by atoms with E-state index in [1.807, 2.05) is 25.1 Å². The van der Waals surface area contributed by atoms with Gasteiger partial charge >= 0.3 is 0 Å².